The first-order valence-electron chi connectivity index (χ1n) is 9.20. The Bertz CT molecular complexity index is 1320. The van der Waals surface area contributed by atoms with Gasteiger partial charge in [0, 0.05) is 18.2 Å². The number of carbonyl (C=O) groups excluding carboxylic acids is 1. The number of rotatable bonds is 6. The summed E-state index contributed by atoms with van der Waals surface area (Å²) < 4.78 is 20.7. The van der Waals surface area contributed by atoms with Gasteiger partial charge in [-0.3, -0.25) is 14.2 Å². The number of hydrogen-bond donors (Lipinski definition) is 1. The van der Waals surface area contributed by atoms with Crippen LogP contribution in [0.15, 0.2) is 74.7 Å². The van der Waals surface area contributed by atoms with Crippen LogP contribution < -0.4 is 16.6 Å². The largest absolute Gasteiger partial charge is 0.420 e. The fourth-order valence-corrected chi connectivity index (χ4v) is 3.05. The van der Waals surface area contributed by atoms with E-state index in [1.165, 1.54) is 27.4 Å². The molecule has 0 unspecified atom stereocenters. The van der Waals surface area contributed by atoms with Gasteiger partial charge in [0.2, 0.25) is 5.91 Å². The lowest BCUT2D eigenvalue weighted by Gasteiger charge is -2.09. The van der Waals surface area contributed by atoms with Crippen LogP contribution in [-0.4, -0.2) is 26.8 Å². The second kappa shape index (κ2) is 8.16. The molecule has 30 heavy (non-hydrogen) atoms. The van der Waals surface area contributed by atoms with Crippen molar-refractivity contribution in [3.05, 3.63) is 87.4 Å². The average molecular weight is 408 g/mol. The Labute approximate surface area is 169 Å². The van der Waals surface area contributed by atoms with Crippen LogP contribution in [0.1, 0.15) is 0 Å². The number of fused-ring (bicyclic) bond motifs is 1. The minimum absolute atomic E-state index is 0.140. The van der Waals surface area contributed by atoms with Crippen LogP contribution in [0.25, 0.3) is 22.4 Å². The molecule has 0 saturated carbocycles. The summed E-state index contributed by atoms with van der Waals surface area (Å²) in [5.41, 5.74) is 1.79. The molecule has 0 spiro atoms. The summed E-state index contributed by atoms with van der Waals surface area (Å²) in [6, 6.07) is 15.5. The van der Waals surface area contributed by atoms with E-state index in [0.29, 0.717) is 22.4 Å². The van der Waals surface area contributed by atoms with Crippen LogP contribution in [0.2, 0.25) is 0 Å². The van der Waals surface area contributed by atoms with Crippen molar-refractivity contribution >= 4 is 17.0 Å². The Morgan fingerprint density at radius 2 is 1.80 bits per heavy atom. The highest BCUT2D eigenvalue weighted by Crippen LogP contribution is 2.15. The molecular weight excluding hydrogens is 391 g/mol. The highest BCUT2D eigenvalue weighted by molar-refractivity contribution is 5.79. The van der Waals surface area contributed by atoms with Crippen LogP contribution in [0.5, 0.6) is 0 Å². The predicted octanol–water partition coefficient (Wildman–Crippen LogP) is 1.77. The third kappa shape index (κ3) is 4.04. The second-order valence-corrected chi connectivity index (χ2v) is 6.56. The maximum absolute atomic E-state index is 13.1. The monoisotopic (exact) mass is 408 g/mol. The lowest BCUT2D eigenvalue weighted by Crippen LogP contribution is -2.35. The molecule has 0 radical (unpaired) electrons. The van der Waals surface area contributed by atoms with Gasteiger partial charge in [-0.2, -0.15) is 5.10 Å². The minimum atomic E-state index is -0.615. The van der Waals surface area contributed by atoms with Crippen molar-refractivity contribution in [2.45, 2.75) is 13.1 Å². The Kier molecular flexibility index (Phi) is 5.25. The first-order valence-corrected chi connectivity index (χ1v) is 9.20. The summed E-state index contributed by atoms with van der Waals surface area (Å²) in [5, 5.41) is 6.93. The van der Waals surface area contributed by atoms with Gasteiger partial charge in [-0.15, -0.1) is 0 Å². The van der Waals surface area contributed by atoms with Crippen molar-refractivity contribution in [2.24, 2.45) is 0 Å². The number of aromatic nitrogens is 3. The molecule has 1 N–H and O–H groups in total. The van der Waals surface area contributed by atoms with Gasteiger partial charge in [0.1, 0.15) is 12.4 Å². The van der Waals surface area contributed by atoms with Crippen LogP contribution in [-0.2, 0) is 17.9 Å². The molecule has 2 aromatic heterocycles. The molecular formula is C21H17FN4O4. The third-order valence-electron chi connectivity index (χ3n) is 4.53. The van der Waals surface area contributed by atoms with Gasteiger partial charge in [0.25, 0.3) is 5.56 Å². The first kappa shape index (κ1) is 19.3. The van der Waals surface area contributed by atoms with Crippen LogP contribution in [0.3, 0.4) is 0 Å². The Morgan fingerprint density at radius 1 is 1.03 bits per heavy atom. The van der Waals surface area contributed by atoms with E-state index in [-0.39, 0.29) is 31.0 Å². The van der Waals surface area contributed by atoms with E-state index in [1.807, 2.05) is 0 Å². The molecule has 4 rings (SSSR count). The van der Waals surface area contributed by atoms with Crippen LogP contribution in [0.4, 0.5) is 4.39 Å². The molecule has 0 bridgehead atoms. The van der Waals surface area contributed by atoms with E-state index in [4.69, 9.17) is 4.42 Å². The van der Waals surface area contributed by atoms with Crippen molar-refractivity contribution in [3.8, 4) is 11.3 Å². The van der Waals surface area contributed by atoms with Crippen molar-refractivity contribution in [1.29, 1.82) is 0 Å². The predicted molar refractivity (Wildman–Crippen MR) is 107 cm³/mol. The molecule has 0 fully saturated rings. The van der Waals surface area contributed by atoms with Gasteiger partial charge in [-0.25, -0.2) is 13.9 Å². The normalized spacial score (nSPS) is 11.0. The zero-order valence-corrected chi connectivity index (χ0v) is 15.7. The number of benzene rings is 2. The van der Waals surface area contributed by atoms with Crippen molar-refractivity contribution in [2.75, 3.05) is 6.54 Å². The molecule has 4 aromatic rings. The number of halogens is 1. The first-order chi connectivity index (χ1) is 14.5. The number of oxazole rings is 1. The molecule has 0 atom stereocenters. The van der Waals surface area contributed by atoms with Crippen molar-refractivity contribution in [1.82, 2.24) is 19.7 Å². The van der Waals surface area contributed by atoms with E-state index in [1.54, 1.807) is 42.5 Å². The summed E-state index contributed by atoms with van der Waals surface area (Å²) in [4.78, 5) is 36.2. The number of nitrogens with one attached hydrogen (secondary N) is 1. The number of para-hydroxylation sites is 2. The molecule has 0 saturated heterocycles. The minimum Gasteiger partial charge on any atom is -0.408 e. The quantitative estimate of drug-likeness (QED) is 0.524. The molecule has 0 aliphatic carbocycles. The van der Waals surface area contributed by atoms with E-state index in [9.17, 15) is 18.8 Å². The summed E-state index contributed by atoms with van der Waals surface area (Å²) in [6.45, 7) is 0.0809. The van der Waals surface area contributed by atoms with Gasteiger partial charge < -0.3 is 9.73 Å². The molecule has 8 nitrogen and oxygen atoms in total. The van der Waals surface area contributed by atoms with Gasteiger partial charge in [0.05, 0.1) is 17.8 Å². The highest BCUT2D eigenvalue weighted by atomic mass is 19.1. The van der Waals surface area contributed by atoms with E-state index in [0.717, 1.165) is 0 Å². The standard InChI is InChI=1S/C21H17FN4O4/c22-15-7-5-14(6-8-15)16-9-10-20(28)26(24-16)12-11-23-19(27)13-25-17-3-1-2-4-18(17)30-21(25)29/h1-10H,11-13H2,(H,23,27). The van der Waals surface area contributed by atoms with Gasteiger partial charge in [0.15, 0.2) is 5.58 Å². The van der Waals surface area contributed by atoms with Gasteiger partial charge >= 0.3 is 5.76 Å². The SMILES string of the molecule is O=C(Cn1c(=O)oc2ccccc21)NCCn1nc(-c2ccc(F)cc2)ccc1=O. The van der Waals surface area contributed by atoms with E-state index < -0.39 is 11.7 Å². The molecule has 0 aliphatic rings. The Balaban J connectivity index is 1.41. The molecule has 1 amide bonds. The van der Waals surface area contributed by atoms with Gasteiger partial charge in [-0.05, 0) is 42.5 Å². The molecule has 9 heteroatoms. The number of carbonyl (C=O) groups is 1. The molecule has 2 aromatic carbocycles. The van der Waals surface area contributed by atoms with E-state index >= 15 is 0 Å². The molecule has 2 heterocycles. The number of nitrogens with zero attached hydrogens (tertiary/aromatic N) is 3. The lowest BCUT2D eigenvalue weighted by molar-refractivity contribution is -0.121. The zero-order chi connectivity index (χ0) is 21.1. The van der Waals surface area contributed by atoms with Crippen LogP contribution in [0, 0.1) is 5.82 Å². The van der Waals surface area contributed by atoms with Crippen molar-refractivity contribution < 1.29 is 13.6 Å². The Morgan fingerprint density at radius 3 is 2.60 bits per heavy atom. The highest BCUT2D eigenvalue weighted by Gasteiger charge is 2.12. The lowest BCUT2D eigenvalue weighted by atomic mass is 10.1. The zero-order valence-electron chi connectivity index (χ0n) is 15.7. The fourth-order valence-electron chi connectivity index (χ4n) is 3.05. The van der Waals surface area contributed by atoms with Crippen LogP contribution >= 0.6 is 0 Å². The van der Waals surface area contributed by atoms with E-state index in [2.05, 4.69) is 10.4 Å². The fraction of sp³-hybridized carbons (Fsp3) is 0.143. The maximum atomic E-state index is 13.1. The average Bonchev–Trinajstić information content (AvgIpc) is 3.05. The summed E-state index contributed by atoms with van der Waals surface area (Å²) in [7, 11) is 0. The second-order valence-electron chi connectivity index (χ2n) is 6.56. The molecule has 0 aliphatic heterocycles. The third-order valence-corrected chi connectivity index (χ3v) is 4.53. The number of hydrogen-bond acceptors (Lipinski definition) is 5. The molecule has 152 valence electrons. The number of amides is 1. The maximum Gasteiger partial charge on any atom is 0.420 e. The summed E-state index contributed by atoms with van der Waals surface area (Å²) >= 11 is 0. The van der Waals surface area contributed by atoms with Gasteiger partial charge in [-0.1, -0.05) is 12.1 Å². The Hall–Kier alpha value is -4.01. The topological polar surface area (TPSA) is 99.1 Å². The summed E-state index contributed by atoms with van der Waals surface area (Å²) in [5.74, 6) is -1.37. The summed E-state index contributed by atoms with van der Waals surface area (Å²) in [6.07, 6.45) is 0. The van der Waals surface area contributed by atoms with Crippen molar-refractivity contribution in [3.63, 3.8) is 0 Å². The smallest absolute Gasteiger partial charge is 0.408 e.